The van der Waals surface area contributed by atoms with Gasteiger partial charge in [0, 0.05) is 12.1 Å². The summed E-state index contributed by atoms with van der Waals surface area (Å²) in [4.78, 5) is 49.0. The van der Waals surface area contributed by atoms with Crippen molar-refractivity contribution in [3.8, 4) is 0 Å². The van der Waals surface area contributed by atoms with E-state index >= 15 is 0 Å². The zero-order valence-corrected chi connectivity index (χ0v) is 15.9. The summed E-state index contributed by atoms with van der Waals surface area (Å²) in [6.07, 6.45) is -0.229. The zero-order chi connectivity index (χ0) is 20.3. The molecule has 1 aliphatic rings. The van der Waals surface area contributed by atoms with E-state index < -0.39 is 28.3 Å². The molecule has 1 atom stereocenters. The summed E-state index contributed by atoms with van der Waals surface area (Å²) in [7, 11) is 0. The highest BCUT2D eigenvalue weighted by atomic mass is 32.2. The van der Waals surface area contributed by atoms with Crippen molar-refractivity contribution >= 4 is 46.2 Å². The van der Waals surface area contributed by atoms with Crippen molar-refractivity contribution in [2.24, 2.45) is 0 Å². The number of carbonyl (C=O) groups is 4. The molecule has 1 heterocycles. The van der Waals surface area contributed by atoms with Crippen LogP contribution in [-0.4, -0.2) is 33.4 Å². The number of hydrogen-bond acceptors (Lipinski definition) is 5. The molecule has 1 unspecified atom stereocenters. The van der Waals surface area contributed by atoms with Gasteiger partial charge in [-0.05, 0) is 54.1 Å². The van der Waals surface area contributed by atoms with Crippen LogP contribution in [0.15, 0.2) is 48.5 Å². The largest absolute Gasteiger partial charge is 0.481 e. The van der Waals surface area contributed by atoms with Crippen molar-refractivity contribution in [2.75, 3.05) is 10.2 Å². The van der Waals surface area contributed by atoms with E-state index in [9.17, 15) is 19.2 Å². The van der Waals surface area contributed by atoms with Crippen LogP contribution in [0.1, 0.15) is 17.5 Å². The number of benzene rings is 2. The van der Waals surface area contributed by atoms with Crippen molar-refractivity contribution in [2.45, 2.75) is 25.0 Å². The molecule has 0 aromatic heterocycles. The highest BCUT2D eigenvalue weighted by Gasteiger charge is 2.41. The number of imide groups is 1. The summed E-state index contributed by atoms with van der Waals surface area (Å²) in [5.74, 6) is -1.74. The van der Waals surface area contributed by atoms with Crippen molar-refractivity contribution in [1.82, 2.24) is 0 Å². The third-order valence-electron chi connectivity index (χ3n) is 4.15. The minimum absolute atomic E-state index is 0.0989. The van der Waals surface area contributed by atoms with E-state index in [0.717, 1.165) is 22.2 Å². The van der Waals surface area contributed by atoms with Gasteiger partial charge in [-0.25, -0.2) is 4.90 Å². The number of thioether (sulfide) groups is 1. The van der Waals surface area contributed by atoms with Crippen LogP contribution in [0.2, 0.25) is 0 Å². The van der Waals surface area contributed by atoms with Gasteiger partial charge in [-0.3, -0.25) is 19.2 Å². The fourth-order valence-corrected chi connectivity index (χ4v) is 3.83. The molecule has 7 nitrogen and oxygen atoms in total. The third-order valence-corrected chi connectivity index (χ3v) is 5.18. The van der Waals surface area contributed by atoms with E-state index in [4.69, 9.17) is 5.11 Å². The van der Waals surface area contributed by atoms with Gasteiger partial charge in [-0.1, -0.05) is 24.3 Å². The topological polar surface area (TPSA) is 104 Å². The lowest BCUT2D eigenvalue weighted by Gasteiger charge is -2.14. The molecule has 0 saturated carbocycles. The smallest absolute Gasteiger partial charge is 0.307 e. The van der Waals surface area contributed by atoms with Gasteiger partial charge in [-0.2, -0.15) is 0 Å². The molecule has 0 radical (unpaired) electrons. The van der Waals surface area contributed by atoms with Crippen LogP contribution >= 0.6 is 11.8 Å². The van der Waals surface area contributed by atoms with E-state index in [1.54, 1.807) is 42.5 Å². The summed E-state index contributed by atoms with van der Waals surface area (Å²) >= 11 is 0.842. The molecular weight excluding hydrogens is 380 g/mol. The van der Waals surface area contributed by atoms with Crippen molar-refractivity contribution in [3.05, 3.63) is 59.7 Å². The first kappa shape index (κ1) is 19.6. The van der Waals surface area contributed by atoms with Crippen LogP contribution in [0.5, 0.6) is 0 Å². The minimum atomic E-state index is -0.934. The van der Waals surface area contributed by atoms with Crippen LogP contribution in [0.4, 0.5) is 16.2 Å². The number of carboxylic acid groups (broad SMARTS) is 1. The second kappa shape index (κ2) is 8.26. The Morgan fingerprint density at radius 1 is 1.14 bits per heavy atom. The predicted octanol–water partition coefficient (Wildman–Crippen LogP) is 3.22. The third kappa shape index (κ3) is 4.58. The normalized spacial score (nSPS) is 16.3. The molecule has 3 amide bonds. The Kier molecular flexibility index (Phi) is 5.79. The molecule has 2 aromatic rings. The van der Waals surface area contributed by atoms with Crippen LogP contribution in [0.3, 0.4) is 0 Å². The van der Waals surface area contributed by atoms with Crippen LogP contribution < -0.4 is 10.2 Å². The molecule has 1 saturated heterocycles. The Morgan fingerprint density at radius 3 is 2.50 bits per heavy atom. The molecule has 1 fully saturated rings. The summed E-state index contributed by atoms with van der Waals surface area (Å²) in [6, 6.07) is 13.5. The highest BCUT2D eigenvalue weighted by Crippen LogP contribution is 2.33. The van der Waals surface area contributed by atoms with E-state index in [1.807, 2.05) is 13.0 Å². The summed E-state index contributed by atoms with van der Waals surface area (Å²) in [6.45, 7) is 1.87. The van der Waals surface area contributed by atoms with Gasteiger partial charge in [0.25, 0.3) is 5.24 Å². The number of carbonyl (C=O) groups excluding carboxylic acids is 3. The summed E-state index contributed by atoms with van der Waals surface area (Å²) in [5.41, 5.74) is 2.54. The average molecular weight is 398 g/mol. The molecule has 2 aromatic carbocycles. The molecule has 28 heavy (non-hydrogen) atoms. The van der Waals surface area contributed by atoms with Gasteiger partial charge < -0.3 is 10.4 Å². The maximum Gasteiger partial charge on any atom is 0.307 e. The SMILES string of the molecule is Cc1cccc(N2C(=O)SC(CC(=O)Nc3ccc(CC(=O)O)cc3)C2=O)c1. The van der Waals surface area contributed by atoms with Crippen molar-refractivity contribution in [3.63, 3.8) is 0 Å². The lowest BCUT2D eigenvalue weighted by Crippen LogP contribution is -2.33. The van der Waals surface area contributed by atoms with Gasteiger partial charge in [-0.15, -0.1) is 0 Å². The Bertz CT molecular complexity index is 942. The van der Waals surface area contributed by atoms with E-state index in [1.165, 1.54) is 0 Å². The second-order valence-electron chi connectivity index (χ2n) is 6.40. The average Bonchev–Trinajstić information content (AvgIpc) is 2.89. The Labute approximate surface area is 165 Å². The number of hydrogen-bond donors (Lipinski definition) is 2. The maximum atomic E-state index is 12.6. The monoisotopic (exact) mass is 398 g/mol. The predicted molar refractivity (Wildman–Crippen MR) is 106 cm³/mol. The number of anilines is 2. The molecule has 144 valence electrons. The van der Waals surface area contributed by atoms with Crippen molar-refractivity contribution in [1.29, 1.82) is 0 Å². The second-order valence-corrected chi connectivity index (χ2v) is 7.56. The minimum Gasteiger partial charge on any atom is -0.481 e. The fraction of sp³-hybridized carbons (Fsp3) is 0.200. The summed E-state index contributed by atoms with van der Waals surface area (Å²) < 4.78 is 0. The standard InChI is InChI=1S/C20H18N2O5S/c1-12-3-2-4-15(9-12)22-19(26)16(28-20(22)27)11-17(23)21-14-7-5-13(6-8-14)10-18(24)25/h2-9,16H,10-11H2,1H3,(H,21,23)(H,24,25). The van der Waals surface area contributed by atoms with E-state index in [2.05, 4.69) is 5.32 Å². The quantitative estimate of drug-likeness (QED) is 0.774. The number of nitrogens with zero attached hydrogens (tertiary/aromatic N) is 1. The number of aryl methyl sites for hydroxylation is 1. The lowest BCUT2D eigenvalue weighted by atomic mass is 10.1. The van der Waals surface area contributed by atoms with Crippen LogP contribution in [0, 0.1) is 6.92 Å². The molecular formula is C20H18N2O5S. The van der Waals surface area contributed by atoms with Gasteiger partial charge in [0.15, 0.2) is 0 Å². The molecule has 0 spiro atoms. The fourth-order valence-electron chi connectivity index (χ4n) is 2.85. The number of carboxylic acids is 1. The Morgan fingerprint density at radius 2 is 1.86 bits per heavy atom. The van der Waals surface area contributed by atoms with Crippen molar-refractivity contribution < 1.29 is 24.3 Å². The van der Waals surface area contributed by atoms with Crippen LogP contribution in [0.25, 0.3) is 0 Å². The summed E-state index contributed by atoms with van der Waals surface area (Å²) in [5, 5.41) is 10.3. The van der Waals surface area contributed by atoms with E-state index in [0.29, 0.717) is 16.9 Å². The van der Waals surface area contributed by atoms with Gasteiger partial charge in [0.2, 0.25) is 11.8 Å². The van der Waals surface area contributed by atoms with Crippen LogP contribution in [-0.2, 0) is 20.8 Å². The van der Waals surface area contributed by atoms with Gasteiger partial charge in [0.05, 0.1) is 12.1 Å². The van der Waals surface area contributed by atoms with Gasteiger partial charge in [0.1, 0.15) is 5.25 Å². The first-order valence-corrected chi connectivity index (χ1v) is 9.43. The molecule has 0 bridgehead atoms. The number of nitrogens with one attached hydrogen (secondary N) is 1. The van der Waals surface area contributed by atoms with E-state index in [-0.39, 0.29) is 12.8 Å². The van der Waals surface area contributed by atoms with Gasteiger partial charge >= 0.3 is 5.97 Å². The molecule has 8 heteroatoms. The molecule has 2 N–H and O–H groups in total. The maximum absolute atomic E-state index is 12.6. The first-order chi connectivity index (χ1) is 13.3. The number of rotatable bonds is 6. The molecule has 0 aliphatic carbocycles. The Hall–Kier alpha value is -3.13. The molecule has 1 aliphatic heterocycles. The zero-order valence-electron chi connectivity index (χ0n) is 15.0. The first-order valence-electron chi connectivity index (χ1n) is 8.55. The highest BCUT2D eigenvalue weighted by molar-refractivity contribution is 8.15. The number of amides is 3. The molecule has 3 rings (SSSR count). The Balaban J connectivity index is 1.62. The number of aliphatic carboxylic acids is 1. The lowest BCUT2D eigenvalue weighted by molar-refractivity contribution is -0.136.